The summed E-state index contributed by atoms with van der Waals surface area (Å²) >= 11 is 0. The first-order valence-electron chi connectivity index (χ1n) is 6.37. The molecule has 0 amide bonds. The van der Waals surface area contributed by atoms with Gasteiger partial charge in [-0.25, -0.2) is 0 Å². The molecule has 3 N–H and O–H groups in total. The lowest BCUT2D eigenvalue weighted by Gasteiger charge is -2.30. The lowest BCUT2D eigenvalue weighted by atomic mass is 9.87. The highest BCUT2D eigenvalue weighted by atomic mass is 14.9. The van der Waals surface area contributed by atoms with Crippen LogP contribution < -0.4 is 11.1 Å². The summed E-state index contributed by atoms with van der Waals surface area (Å²) in [5, 5.41) is 3.61. The molecular weight excluding hydrogens is 196 g/mol. The maximum absolute atomic E-state index is 5.91. The third-order valence-corrected chi connectivity index (χ3v) is 3.56. The minimum Gasteiger partial charge on any atom is -0.330 e. The Kier molecular flexibility index (Phi) is 4.37. The number of nitrogens with two attached hydrogens (primary N) is 1. The molecule has 0 saturated carbocycles. The van der Waals surface area contributed by atoms with Crippen LogP contribution in [0.3, 0.4) is 0 Å². The standard InChI is InChI=1S/C14H22N2/c15-11-13(14-8-4-5-9-16-14)10-12-6-2-1-3-7-12/h1-3,6-7,13-14,16H,4-5,8-11,15H2/t13-,14+/m0/s1. The molecule has 2 heteroatoms. The molecule has 1 fully saturated rings. The molecule has 1 saturated heterocycles. The average molecular weight is 218 g/mol. The number of hydrogen-bond acceptors (Lipinski definition) is 2. The Morgan fingerprint density at radius 2 is 2.06 bits per heavy atom. The molecule has 1 heterocycles. The van der Waals surface area contributed by atoms with E-state index in [9.17, 15) is 0 Å². The molecule has 2 nitrogen and oxygen atoms in total. The van der Waals surface area contributed by atoms with E-state index in [2.05, 4.69) is 35.6 Å². The van der Waals surface area contributed by atoms with Crippen molar-refractivity contribution in [3.05, 3.63) is 35.9 Å². The van der Waals surface area contributed by atoms with Crippen LogP contribution in [0.15, 0.2) is 30.3 Å². The molecule has 88 valence electrons. The van der Waals surface area contributed by atoms with Gasteiger partial charge in [0.1, 0.15) is 0 Å². The highest BCUT2D eigenvalue weighted by Gasteiger charge is 2.21. The Labute approximate surface area is 98.2 Å². The van der Waals surface area contributed by atoms with Gasteiger partial charge in [-0.15, -0.1) is 0 Å². The summed E-state index contributed by atoms with van der Waals surface area (Å²) in [5.74, 6) is 0.586. The smallest absolute Gasteiger partial charge is 0.0111 e. The minimum atomic E-state index is 0.586. The Balaban J connectivity index is 1.94. The fraction of sp³-hybridized carbons (Fsp3) is 0.571. The van der Waals surface area contributed by atoms with Crippen LogP contribution in [0.2, 0.25) is 0 Å². The van der Waals surface area contributed by atoms with E-state index in [1.807, 2.05) is 0 Å². The summed E-state index contributed by atoms with van der Waals surface area (Å²) in [6.07, 6.45) is 5.06. The topological polar surface area (TPSA) is 38.0 Å². The van der Waals surface area contributed by atoms with E-state index in [0.717, 1.165) is 19.5 Å². The predicted molar refractivity (Wildman–Crippen MR) is 68.3 cm³/mol. The molecule has 1 aromatic carbocycles. The number of nitrogens with one attached hydrogen (secondary N) is 1. The van der Waals surface area contributed by atoms with E-state index in [0.29, 0.717) is 12.0 Å². The second kappa shape index (κ2) is 6.02. The van der Waals surface area contributed by atoms with Gasteiger partial charge < -0.3 is 11.1 Å². The zero-order valence-corrected chi connectivity index (χ0v) is 9.86. The van der Waals surface area contributed by atoms with Crippen LogP contribution in [0.5, 0.6) is 0 Å². The van der Waals surface area contributed by atoms with E-state index in [1.54, 1.807) is 0 Å². The van der Waals surface area contributed by atoms with Crippen molar-refractivity contribution in [2.24, 2.45) is 11.7 Å². The summed E-state index contributed by atoms with van der Waals surface area (Å²) in [5.41, 5.74) is 7.32. The molecule has 0 aromatic heterocycles. The Hall–Kier alpha value is -0.860. The second-order valence-corrected chi connectivity index (χ2v) is 4.74. The summed E-state index contributed by atoms with van der Waals surface area (Å²) in [6, 6.07) is 11.3. The van der Waals surface area contributed by atoms with Crippen molar-refractivity contribution in [3.63, 3.8) is 0 Å². The fourth-order valence-corrected chi connectivity index (χ4v) is 2.59. The van der Waals surface area contributed by atoms with Gasteiger partial charge >= 0.3 is 0 Å². The third-order valence-electron chi connectivity index (χ3n) is 3.56. The summed E-state index contributed by atoms with van der Waals surface area (Å²) in [4.78, 5) is 0. The van der Waals surface area contributed by atoms with Crippen molar-refractivity contribution >= 4 is 0 Å². The van der Waals surface area contributed by atoms with Crippen molar-refractivity contribution in [3.8, 4) is 0 Å². The normalized spacial score (nSPS) is 22.9. The van der Waals surface area contributed by atoms with Crippen molar-refractivity contribution < 1.29 is 0 Å². The molecule has 0 spiro atoms. The maximum atomic E-state index is 5.91. The van der Waals surface area contributed by atoms with Gasteiger partial charge in [0.05, 0.1) is 0 Å². The van der Waals surface area contributed by atoms with E-state index in [-0.39, 0.29) is 0 Å². The molecule has 0 aliphatic carbocycles. The average Bonchev–Trinajstić information content (AvgIpc) is 2.38. The fourth-order valence-electron chi connectivity index (χ4n) is 2.59. The van der Waals surface area contributed by atoms with Gasteiger partial charge in [-0.05, 0) is 43.8 Å². The largest absolute Gasteiger partial charge is 0.330 e. The van der Waals surface area contributed by atoms with Gasteiger partial charge in [0.25, 0.3) is 0 Å². The van der Waals surface area contributed by atoms with Gasteiger partial charge in [0, 0.05) is 6.04 Å². The van der Waals surface area contributed by atoms with Crippen LogP contribution in [0, 0.1) is 5.92 Å². The molecule has 1 aliphatic heterocycles. The number of hydrogen-bond donors (Lipinski definition) is 2. The van der Waals surface area contributed by atoms with Crippen LogP contribution in [-0.4, -0.2) is 19.1 Å². The predicted octanol–water partition coefficient (Wildman–Crippen LogP) is 1.95. The number of benzene rings is 1. The molecule has 16 heavy (non-hydrogen) atoms. The van der Waals surface area contributed by atoms with Gasteiger partial charge in [-0.1, -0.05) is 36.8 Å². The monoisotopic (exact) mass is 218 g/mol. The van der Waals surface area contributed by atoms with Gasteiger partial charge in [0.15, 0.2) is 0 Å². The Morgan fingerprint density at radius 3 is 2.69 bits per heavy atom. The molecule has 0 radical (unpaired) electrons. The lowest BCUT2D eigenvalue weighted by molar-refractivity contribution is 0.297. The molecule has 0 unspecified atom stereocenters. The summed E-state index contributed by atoms with van der Waals surface area (Å²) < 4.78 is 0. The zero-order chi connectivity index (χ0) is 11.2. The zero-order valence-electron chi connectivity index (χ0n) is 9.86. The summed E-state index contributed by atoms with van der Waals surface area (Å²) in [6.45, 7) is 1.95. The molecule has 2 atom stereocenters. The van der Waals surface area contributed by atoms with E-state index in [1.165, 1.54) is 24.8 Å². The first kappa shape index (κ1) is 11.6. The van der Waals surface area contributed by atoms with Crippen LogP contribution in [0.25, 0.3) is 0 Å². The van der Waals surface area contributed by atoms with Crippen LogP contribution in [-0.2, 0) is 6.42 Å². The van der Waals surface area contributed by atoms with Crippen LogP contribution >= 0.6 is 0 Å². The highest BCUT2D eigenvalue weighted by Crippen LogP contribution is 2.18. The quantitative estimate of drug-likeness (QED) is 0.810. The Morgan fingerprint density at radius 1 is 1.25 bits per heavy atom. The van der Waals surface area contributed by atoms with Gasteiger partial charge in [-0.2, -0.15) is 0 Å². The lowest BCUT2D eigenvalue weighted by Crippen LogP contribution is -2.43. The van der Waals surface area contributed by atoms with Gasteiger partial charge in [0.2, 0.25) is 0 Å². The van der Waals surface area contributed by atoms with E-state index < -0.39 is 0 Å². The van der Waals surface area contributed by atoms with Crippen molar-refractivity contribution in [2.75, 3.05) is 13.1 Å². The van der Waals surface area contributed by atoms with E-state index >= 15 is 0 Å². The third kappa shape index (κ3) is 3.06. The second-order valence-electron chi connectivity index (χ2n) is 4.74. The number of piperidine rings is 1. The van der Waals surface area contributed by atoms with Crippen molar-refractivity contribution in [1.82, 2.24) is 5.32 Å². The summed E-state index contributed by atoms with van der Waals surface area (Å²) in [7, 11) is 0. The molecule has 1 aromatic rings. The van der Waals surface area contributed by atoms with Crippen LogP contribution in [0.4, 0.5) is 0 Å². The highest BCUT2D eigenvalue weighted by molar-refractivity contribution is 5.15. The minimum absolute atomic E-state index is 0.586. The van der Waals surface area contributed by atoms with Crippen molar-refractivity contribution in [1.29, 1.82) is 0 Å². The Bertz CT molecular complexity index is 291. The SMILES string of the molecule is NC[C@H](Cc1ccccc1)[C@H]1CCCCN1. The first-order chi connectivity index (χ1) is 7.90. The first-order valence-corrected chi connectivity index (χ1v) is 6.37. The van der Waals surface area contributed by atoms with Crippen molar-refractivity contribution in [2.45, 2.75) is 31.7 Å². The molecule has 1 aliphatic rings. The maximum Gasteiger partial charge on any atom is 0.0111 e. The van der Waals surface area contributed by atoms with Crippen LogP contribution in [0.1, 0.15) is 24.8 Å². The molecule has 2 rings (SSSR count). The van der Waals surface area contributed by atoms with E-state index in [4.69, 9.17) is 5.73 Å². The number of rotatable bonds is 4. The molecule has 0 bridgehead atoms. The molecular formula is C14H22N2. The van der Waals surface area contributed by atoms with Gasteiger partial charge in [-0.3, -0.25) is 0 Å².